The molecule has 0 bridgehead atoms. The monoisotopic (exact) mass is 397 g/mol. The van der Waals surface area contributed by atoms with Crippen LogP contribution in [0.25, 0.3) is 6.08 Å². The van der Waals surface area contributed by atoms with Crippen LogP contribution in [0.5, 0.6) is 0 Å². The topological polar surface area (TPSA) is 66.4 Å². The van der Waals surface area contributed by atoms with Gasteiger partial charge in [0.05, 0.1) is 6.42 Å². The second kappa shape index (κ2) is 7.17. The molecule has 1 amide bonds. The number of amides is 1. The van der Waals surface area contributed by atoms with Crippen LogP contribution in [0.15, 0.2) is 71.2 Å². The number of benzene rings is 2. The zero-order valence-corrected chi connectivity index (χ0v) is 14.9. The fraction of sp³-hybridized carbons (Fsp3) is 0.100. The smallest absolute Gasteiger partial charge is 0.261 e. The molecule has 2 aromatic rings. The van der Waals surface area contributed by atoms with Gasteiger partial charge in [0.2, 0.25) is 0 Å². The van der Waals surface area contributed by atoms with Crippen molar-refractivity contribution in [2.24, 2.45) is 0 Å². The summed E-state index contributed by atoms with van der Waals surface area (Å²) in [5.41, 5.74) is 0.112. The highest BCUT2D eigenvalue weighted by molar-refractivity contribution is 9.10. The van der Waals surface area contributed by atoms with E-state index in [0.717, 1.165) is 10.0 Å². The van der Waals surface area contributed by atoms with E-state index < -0.39 is 11.5 Å². The number of halogens is 1. The van der Waals surface area contributed by atoms with Crippen molar-refractivity contribution >= 4 is 39.4 Å². The second-order valence-corrected chi connectivity index (χ2v) is 6.69. The first-order valence-corrected chi connectivity index (χ1v) is 8.55. The molecule has 0 aromatic heterocycles. The van der Waals surface area contributed by atoms with Gasteiger partial charge in [0.1, 0.15) is 0 Å². The molecule has 0 saturated carbocycles. The van der Waals surface area contributed by atoms with Crippen LogP contribution in [0.2, 0.25) is 0 Å². The Bertz CT molecular complexity index is 874. The number of rotatable bonds is 5. The van der Waals surface area contributed by atoms with Gasteiger partial charge < -0.3 is 10.4 Å². The molecule has 1 aliphatic heterocycles. The van der Waals surface area contributed by atoms with Gasteiger partial charge in [0.15, 0.2) is 11.4 Å². The van der Waals surface area contributed by atoms with Crippen LogP contribution in [0.1, 0.15) is 17.5 Å². The molecule has 2 N–H and O–H groups in total. The van der Waals surface area contributed by atoms with Crippen molar-refractivity contribution in [3.8, 4) is 0 Å². The molecule has 1 unspecified atom stereocenters. The number of hydrogen-bond donors (Lipinski definition) is 2. The van der Waals surface area contributed by atoms with Crippen LogP contribution in [0.3, 0.4) is 0 Å². The molecule has 3 rings (SSSR count). The standard InChI is InChI=1S/C20H16BrNO3/c21-15-10-11-18-17(12-15)20(25,19(24)22-18)13-16(23)9-5-4-8-14-6-2-1-3-7-14/h1-12,25H,13H2,(H,22,24). The molecule has 126 valence electrons. The van der Waals surface area contributed by atoms with Crippen LogP contribution in [-0.4, -0.2) is 16.8 Å². The van der Waals surface area contributed by atoms with E-state index in [4.69, 9.17) is 0 Å². The molecule has 5 heteroatoms. The van der Waals surface area contributed by atoms with E-state index in [2.05, 4.69) is 21.2 Å². The number of fused-ring (bicyclic) bond motifs is 1. The quantitative estimate of drug-likeness (QED) is 0.595. The average Bonchev–Trinajstić information content (AvgIpc) is 2.83. The Morgan fingerprint density at radius 1 is 1.16 bits per heavy atom. The lowest BCUT2D eigenvalue weighted by Gasteiger charge is -2.19. The average molecular weight is 398 g/mol. The van der Waals surface area contributed by atoms with Crippen molar-refractivity contribution in [3.63, 3.8) is 0 Å². The van der Waals surface area contributed by atoms with Crippen molar-refractivity contribution in [2.75, 3.05) is 5.32 Å². The van der Waals surface area contributed by atoms with Gasteiger partial charge in [0.25, 0.3) is 5.91 Å². The molecule has 0 radical (unpaired) electrons. The summed E-state index contributed by atoms with van der Waals surface area (Å²) < 4.78 is 0.731. The number of anilines is 1. The van der Waals surface area contributed by atoms with Gasteiger partial charge in [0, 0.05) is 15.7 Å². The summed E-state index contributed by atoms with van der Waals surface area (Å²) in [5.74, 6) is -0.912. The zero-order valence-electron chi connectivity index (χ0n) is 13.3. The van der Waals surface area contributed by atoms with Gasteiger partial charge in [-0.25, -0.2) is 0 Å². The summed E-state index contributed by atoms with van der Waals surface area (Å²) in [7, 11) is 0. The molecular formula is C20H16BrNO3. The number of aliphatic hydroxyl groups is 1. The van der Waals surface area contributed by atoms with E-state index in [9.17, 15) is 14.7 Å². The minimum Gasteiger partial charge on any atom is -0.375 e. The predicted molar refractivity (Wildman–Crippen MR) is 101 cm³/mol. The first-order chi connectivity index (χ1) is 12.0. The summed E-state index contributed by atoms with van der Waals surface area (Å²) in [6.07, 6.45) is 6.27. The number of hydrogen-bond acceptors (Lipinski definition) is 3. The number of carbonyl (C=O) groups is 2. The summed E-state index contributed by atoms with van der Waals surface area (Å²) in [5, 5.41) is 13.3. The minimum atomic E-state index is -1.84. The van der Waals surface area contributed by atoms with Gasteiger partial charge in [-0.3, -0.25) is 9.59 Å². The minimum absolute atomic E-state index is 0.308. The fourth-order valence-corrected chi connectivity index (χ4v) is 3.06. The first kappa shape index (κ1) is 17.3. The van der Waals surface area contributed by atoms with Crippen molar-refractivity contribution in [1.82, 2.24) is 0 Å². The Kier molecular flexibility index (Phi) is 4.97. The van der Waals surface area contributed by atoms with Crippen molar-refractivity contribution in [1.29, 1.82) is 0 Å². The molecule has 0 spiro atoms. The van der Waals surface area contributed by atoms with Gasteiger partial charge in [-0.2, -0.15) is 0 Å². The molecule has 0 fully saturated rings. The lowest BCUT2D eigenvalue weighted by atomic mass is 9.90. The molecule has 25 heavy (non-hydrogen) atoms. The number of allylic oxidation sites excluding steroid dienone is 3. The van der Waals surface area contributed by atoms with E-state index in [1.807, 2.05) is 36.4 Å². The molecule has 0 aliphatic carbocycles. The SMILES string of the molecule is O=C(C=CC=Cc1ccccc1)CC1(O)C(=O)Nc2ccc(Br)cc21. The van der Waals surface area contributed by atoms with Gasteiger partial charge in [-0.15, -0.1) is 0 Å². The van der Waals surface area contributed by atoms with Gasteiger partial charge in [-0.1, -0.05) is 64.5 Å². The molecular weight excluding hydrogens is 382 g/mol. The van der Waals surface area contributed by atoms with Crippen LogP contribution in [0.4, 0.5) is 5.69 Å². The summed E-state index contributed by atoms with van der Waals surface area (Å²) in [6.45, 7) is 0. The number of carbonyl (C=O) groups excluding carboxylic acids is 2. The van der Waals surface area contributed by atoms with E-state index in [1.165, 1.54) is 6.08 Å². The predicted octanol–water partition coefficient (Wildman–Crippen LogP) is 3.82. The summed E-state index contributed by atoms with van der Waals surface area (Å²) in [6, 6.07) is 14.8. The van der Waals surface area contributed by atoms with Crippen LogP contribution < -0.4 is 5.32 Å². The Morgan fingerprint density at radius 3 is 2.68 bits per heavy atom. The fourth-order valence-electron chi connectivity index (χ4n) is 2.70. The second-order valence-electron chi connectivity index (χ2n) is 5.78. The van der Waals surface area contributed by atoms with Crippen molar-refractivity contribution < 1.29 is 14.7 Å². The van der Waals surface area contributed by atoms with Crippen LogP contribution in [-0.2, 0) is 15.2 Å². The van der Waals surface area contributed by atoms with E-state index in [-0.39, 0.29) is 12.2 Å². The Labute approximate surface area is 154 Å². The molecule has 1 aliphatic rings. The molecule has 1 atom stereocenters. The lowest BCUT2D eigenvalue weighted by molar-refractivity contribution is -0.138. The summed E-state index contributed by atoms with van der Waals surface area (Å²) >= 11 is 3.32. The van der Waals surface area contributed by atoms with Crippen LogP contribution in [0, 0.1) is 0 Å². The molecule has 4 nitrogen and oxygen atoms in total. The number of nitrogens with one attached hydrogen (secondary N) is 1. The zero-order chi connectivity index (χ0) is 17.9. The first-order valence-electron chi connectivity index (χ1n) is 7.75. The highest BCUT2D eigenvalue weighted by Gasteiger charge is 2.46. The third kappa shape index (κ3) is 3.78. The Balaban J connectivity index is 1.71. The maximum atomic E-state index is 12.2. The summed E-state index contributed by atoms with van der Waals surface area (Å²) in [4.78, 5) is 24.3. The molecule has 0 saturated heterocycles. The van der Waals surface area contributed by atoms with E-state index in [0.29, 0.717) is 11.3 Å². The van der Waals surface area contributed by atoms with Gasteiger partial charge >= 0.3 is 0 Å². The highest BCUT2D eigenvalue weighted by atomic mass is 79.9. The maximum absolute atomic E-state index is 12.2. The van der Waals surface area contributed by atoms with E-state index >= 15 is 0 Å². The Morgan fingerprint density at radius 2 is 1.92 bits per heavy atom. The lowest BCUT2D eigenvalue weighted by Crippen LogP contribution is -2.36. The van der Waals surface area contributed by atoms with Crippen molar-refractivity contribution in [2.45, 2.75) is 12.0 Å². The van der Waals surface area contributed by atoms with E-state index in [1.54, 1.807) is 30.4 Å². The van der Waals surface area contributed by atoms with Gasteiger partial charge in [-0.05, 0) is 29.8 Å². The maximum Gasteiger partial charge on any atom is 0.261 e. The molecule has 1 heterocycles. The van der Waals surface area contributed by atoms with Crippen molar-refractivity contribution in [3.05, 3.63) is 82.4 Å². The highest BCUT2D eigenvalue weighted by Crippen LogP contribution is 2.39. The third-order valence-corrected chi connectivity index (χ3v) is 4.46. The van der Waals surface area contributed by atoms with Crippen LogP contribution >= 0.6 is 15.9 Å². The third-order valence-electron chi connectivity index (χ3n) is 3.96. The molecule has 2 aromatic carbocycles. The Hall–Kier alpha value is -2.50. The number of ketones is 1. The normalized spacial score (nSPS) is 19.4. The largest absolute Gasteiger partial charge is 0.375 e.